The first-order valence-electron chi connectivity index (χ1n) is 9.11. The lowest BCUT2D eigenvalue weighted by atomic mass is 10.0. The summed E-state index contributed by atoms with van der Waals surface area (Å²) in [5.74, 6) is -1.49. The normalized spacial score (nSPS) is 12.1. The summed E-state index contributed by atoms with van der Waals surface area (Å²) in [5, 5.41) is 24.9. The number of hydrogen-bond donors (Lipinski definition) is 3. The Bertz CT molecular complexity index is 1550. The van der Waals surface area contributed by atoms with Crippen LogP contribution in [0.1, 0.15) is 10.4 Å². The van der Waals surface area contributed by atoms with Crippen LogP contribution in [-0.4, -0.2) is 22.5 Å². The number of benzene rings is 1. The molecule has 0 fully saturated rings. The lowest BCUT2D eigenvalue weighted by Crippen LogP contribution is -2.34. The molecule has 0 saturated heterocycles. The topological polar surface area (TPSA) is 183 Å². The first kappa shape index (κ1) is 22.6. The highest BCUT2D eigenvalue weighted by Gasteiger charge is 2.32. The zero-order valence-corrected chi connectivity index (χ0v) is 17.7. The number of thiophene rings is 1. The zero-order chi connectivity index (χ0) is 24.8. The molecule has 174 valence electrons. The van der Waals surface area contributed by atoms with Gasteiger partial charge in [0.2, 0.25) is 0 Å². The third kappa shape index (κ3) is 3.97. The van der Waals surface area contributed by atoms with E-state index in [0.29, 0.717) is 0 Å². The summed E-state index contributed by atoms with van der Waals surface area (Å²) in [5.41, 5.74) is 11.1. The molecule has 0 bridgehead atoms. The summed E-state index contributed by atoms with van der Waals surface area (Å²) in [6, 6.07) is 6.19. The number of nitrogen functional groups attached to an aromatic ring is 2. The van der Waals surface area contributed by atoms with Gasteiger partial charge in [0.15, 0.2) is 7.05 Å². The molecule has 5 N–H and O–H groups in total. The molecule has 0 radical (unpaired) electrons. The van der Waals surface area contributed by atoms with Crippen molar-refractivity contribution in [2.75, 3.05) is 11.5 Å². The summed E-state index contributed by atoms with van der Waals surface area (Å²) in [6.07, 6.45) is -4.86. The summed E-state index contributed by atoms with van der Waals surface area (Å²) in [6.45, 7) is 0. The molecule has 4 rings (SSSR count). The molecule has 0 aliphatic rings. The van der Waals surface area contributed by atoms with Gasteiger partial charge in [-0.1, -0.05) is 4.68 Å². The Kier molecular flexibility index (Phi) is 5.37. The first-order chi connectivity index (χ1) is 16.0. The second kappa shape index (κ2) is 8.08. The quantitative estimate of drug-likeness (QED) is 0.218. The number of aromatic amines is 1. The maximum absolute atomic E-state index is 12.8. The molecule has 0 aliphatic heterocycles. The van der Waals surface area contributed by atoms with Crippen LogP contribution in [0.5, 0.6) is 5.75 Å². The second-order valence-corrected chi connectivity index (χ2v) is 7.73. The highest BCUT2D eigenvalue weighted by atomic mass is 32.1. The number of aliphatic imine (C=N–C) groups is 1. The number of hydrogen-bond acceptors (Lipinski definition) is 10. The van der Waals surface area contributed by atoms with Crippen LogP contribution in [0.15, 0.2) is 38.6 Å². The van der Waals surface area contributed by atoms with Gasteiger partial charge >= 0.3 is 17.7 Å². The minimum Gasteiger partial charge on any atom is -0.858 e. The van der Waals surface area contributed by atoms with E-state index < -0.39 is 23.6 Å². The molecule has 0 saturated carbocycles. The molecular weight excluding hydrogens is 479 g/mol. The number of nitriles is 1. The van der Waals surface area contributed by atoms with Gasteiger partial charge in [0.1, 0.15) is 28.0 Å². The van der Waals surface area contributed by atoms with E-state index in [0.717, 1.165) is 35.6 Å². The van der Waals surface area contributed by atoms with E-state index in [1.807, 2.05) is 6.07 Å². The van der Waals surface area contributed by atoms with Crippen molar-refractivity contribution in [2.24, 2.45) is 12.0 Å². The number of fused-ring (bicyclic) bond motifs is 1. The maximum atomic E-state index is 12.8. The van der Waals surface area contributed by atoms with Gasteiger partial charge in [0.05, 0.1) is 27.2 Å². The number of anilines is 2. The van der Waals surface area contributed by atoms with Gasteiger partial charge in [-0.2, -0.15) is 5.26 Å². The van der Waals surface area contributed by atoms with Crippen LogP contribution in [0.4, 0.5) is 30.4 Å². The minimum atomic E-state index is -4.86. The highest BCUT2D eigenvalue weighted by Crippen LogP contribution is 2.41. The molecule has 11 nitrogen and oxygen atoms in total. The van der Waals surface area contributed by atoms with Crippen molar-refractivity contribution in [3.05, 3.63) is 45.1 Å². The van der Waals surface area contributed by atoms with E-state index in [9.17, 15) is 28.3 Å². The molecule has 0 spiro atoms. The summed E-state index contributed by atoms with van der Waals surface area (Å²) < 4.78 is 46.7. The maximum Gasteiger partial charge on any atom is 0.573 e. The van der Waals surface area contributed by atoms with Gasteiger partial charge in [0, 0.05) is 5.90 Å². The number of nitrogens with two attached hydrogens (primary N) is 2. The van der Waals surface area contributed by atoms with Crippen LogP contribution in [0.25, 0.3) is 21.5 Å². The molecule has 0 amide bonds. The summed E-state index contributed by atoms with van der Waals surface area (Å²) in [4.78, 5) is 20.3. The lowest BCUT2D eigenvalue weighted by Gasteiger charge is -2.11. The molecule has 4 aromatic rings. The third-order valence-corrected chi connectivity index (χ3v) is 5.64. The second-order valence-electron chi connectivity index (χ2n) is 6.73. The zero-order valence-electron chi connectivity index (χ0n) is 16.9. The number of pyridine rings is 1. The number of alkyl halides is 3. The molecule has 0 unspecified atom stereocenters. The van der Waals surface area contributed by atoms with Crippen molar-refractivity contribution in [3.8, 4) is 23.1 Å². The average Bonchev–Trinajstić information content (AvgIpc) is 3.26. The molecule has 3 aromatic heterocycles. The van der Waals surface area contributed by atoms with E-state index >= 15 is 0 Å². The molecule has 15 heteroatoms. The fourth-order valence-electron chi connectivity index (χ4n) is 3.18. The first-order valence-corrected chi connectivity index (χ1v) is 9.93. The van der Waals surface area contributed by atoms with Crippen molar-refractivity contribution in [2.45, 2.75) is 6.36 Å². The van der Waals surface area contributed by atoms with Crippen LogP contribution in [0.2, 0.25) is 0 Å². The molecule has 1 aromatic carbocycles. The van der Waals surface area contributed by atoms with Crippen molar-refractivity contribution < 1.29 is 32.2 Å². The molecule has 0 aliphatic carbocycles. The monoisotopic (exact) mass is 491 g/mol. The number of nitrogens with zero attached hydrogens (tertiary/aromatic N) is 4. The molecule has 3 heterocycles. The van der Waals surface area contributed by atoms with Gasteiger partial charge in [0.25, 0.3) is 0 Å². The van der Waals surface area contributed by atoms with Crippen molar-refractivity contribution in [3.63, 3.8) is 0 Å². The fraction of sp³-hybridized carbons (Fsp3) is 0.105. The van der Waals surface area contributed by atoms with Crippen LogP contribution < -0.4 is 31.6 Å². The van der Waals surface area contributed by atoms with Crippen LogP contribution >= 0.6 is 11.3 Å². The Morgan fingerprint density at radius 1 is 1.35 bits per heavy atom. The lowest BCUT2D eigenvalue weighted by molar-refractivity contribution is -0.730. The predicted octanol–water partition coefficient (Wildman–Crippen LogP) is 1.44. The van der Waals surface area contributed by atoms with Crippen LogP contribution in [0, 0.1) is 11.3 Å². The van der Waals surface area contributed by atoms with Crippen LogP contribution in [-0.2, 0) is 7.05 Å². The van der Waals surface area contributed by atoms with Gasteiger partial charge in [-0.3, -0.25) is 9.52 Å². The van der Waals surface area contributed by atoms with Crippen molar-refractivity contribution >= 4 is 44.6 Å². The molecule has 34 heavy (non-hydrogen) atoms. The smallest absolute Gasteiger partial charge is 0.573 e. The van der Waals surface area contributed by atoms with Gasteiger partial charge < -0.3 is 21.3 Å². The number of ether oxygens (including phenoxy) is 1. The number of nitrogens with one attached hydrogen (secondary N) is 1. The third-order valence-electron chi connectivity index (χ3n) is 4.55. The Labute approximate surface area is 190 Å². The Balaban J connectivity index is 1.85. The SMILES string of the molecule is C[n+]1[nH]oc(=O)c1-c1c(C#N)c(N)nc2sc(C([O-])=Nc3ccc(OC(F)(F)F)cc3)c(N)c12. The standard InChI is InChI=1S/C19H12F3N7O4S/c1-29-13(18(31)33-28-29)10-9(6-23)15(25)27-17-11(10)12(24)14(34-17)16(30)26-7-2-4-8(5-3-7)32-19(20,21)22/h2-5H,1H3,(H5-,24,25,26,27,28,30,31). The van der Waals surface area contributed by atoms with Crippen molar-refractivity contribution in [1.82, 2.24) is 10.3 Å². The largest absolute Gasteiger partial charge is 0.858 e. The van der Waals surface area contributed by atoms with Gasteiger partial charge in [-0.15, -0.1) is 24.5 Å². The highest BCUT2D eigenvalue weighted by molar-refractivity contribution is 7.21. The Hall–Kier alpha value is -4.58. The predicted molar refractivity (Wildman–Crippen MR) is 112 cm³/mol. The molecular formula is C19H12F3N7O4S. The summed E-state index contributed by atoms with van der Waals surface area (Å²) in [7, 11) is 1.46. The van der Waals surface area contributed by atoms with Crippen LogP contribution in [0.3, 0.4) is 0 Å². The average molecular weight is 491 g/mol. The van der Waals surface area contributed by atoms with Gasteiger partial charge in [-0.25, -0.2) is 9.78 Å². The van der Waals surface area contributed by atoms with E-state index in [2.05, 4.69) is 20.0 Å². The summed E-state index contributed by atoms with van der Waals surface area (Å²) >= 11 is 0.824. The van der Waals surface area contributed by atoms with Crippen molar-refractivity contribution in [1.29, 1.82) is 5.26 Å². The number of halogens is 3. The Morgan fingerprint density at radius 2 is 2.03 bits per heavy atom. The number of rotatable bonds is 4. The number of aryl methyl sites for hydroxylation is 1. The molecule has 0 atom stereocenters. The van der Waals surface area contributed by atoms with E-state index in [4.69, 9.17) is 16.0 Å². The number of H-pyrrole nitrogens is 1. The van der Waals surface area contributed by atoms with E-state index in [-0.39, 0.29) is 49.1 Å². The fourth-order valence-corrected chi connectivity index (χ4v) is 4.18. The van der Waals surface area contributed by atoms with E-state index in [1.54, 1.807) is 0 Å². The minimum absolute atomic E-state index is 0.0314. The van der Waals surface area contributed by atoms with Gasteiger partial charge in [-0.05, 0) is 29.5 Å². The Morgan fingerprint density at radius 3 is 2.59 bits per heavy atom. The number of aromatic nitrogens is 3. The van der Waals surface area contributed by atoms with E-state index in [1.165, 1.54) is 11.7 Å².